The summed E-state index contributed by atoms with van der Waals surface area (Å²) in [7, 11) is -4.00. The molecule has 172 valence electrons. The summed E-state index contributed by atoms with van der Waals surface area (Å²) in [5.41, 5.74) is 0. The molecular formula is C22H37NO6S. The summed E-state index contributed by atoms with van der Waals surface area (Å²) in [5, 5.41) is 11.4. The normalized spacial score (nSPS) is 10.7. The lowest BCUT2D eigenvalue weighted by Gasteiger charge is -2.05. The Bertz CT molecular complexity index is 676. The van der Waals surface area contributed by atoms with Crippen molar-refractivity contribution in [3.8, 4) is 0 Å². The molecule has 0 heterocycles. The molecule has 0 fully saturated rings. The molecule has 0 radical (unpaired) electrons. The Morgan fingerprint density at radius 3 is 1.90 bits per heavy atom. The third-order valence-corrected chi connectivity index (χ3v) is 5.31. The number of amides is 1. The predicted molar refractivity (Wildman–Crippen MR) is 118 cm³/mol. The Balaban J connectivity index is 0.000000696. The number of carbonyl (C=O) groups is 2. The molecule has 7 nitrogen and oxygen atoms in total. The van der Waals surface area contributed by atoms with Crippen molar-refractivity contribution in [3.05, 3.63) is 30.3 Å². The molecule has 1 amide bonds. The topological polar surface area (TPSA) is 121 Å². The third kappa shape index (κ3) is 18.1. The molecule has 0 spiro atoms. The van der Waals surface area contributed by atoms with Crippen LogP contribution in [0.25, 0.3) is 0 Å². The number of hydrogen-bond acceptors (Lipinski definition) is 4. The zero-order valence-corrected chi connectivity index (χ0v) is 18.8. The summed E-state index contributed by atoms with van der Waals surface area (Å²) in [6.07, 6.45) is 11.9. The average molecular weight is 444 g/mol. The molecule has 30 heavy (non-hydrogen) atoms. The number of carbonyl (C=O) groups excluding carboxylic acids is 1. The van der Waals surface area contributed by atoms with Gasteiger partial charge in [0.1, 0.15) is 0 Å². The van der Waals surface area contributed by atoms with Crippen LogP contribution < -0.4 is 5.32 Å². The van der Waals surface area contributed by atoms with Crippen LogP contribution in [0.2, 0.25) is 0 Å². The second kappa shape index (κ2) is 17.9. The Hall–Kier alpha value is -1.93. The van der Waals surface area contributed by atoms with Crippen molar-refractivity contribution in [2.45, 2.75) is 88.9 Å². The summed E-state index contributed by atoms with van der Waals surface area (Å²) in [5.74, 6) is -0.607. The van der Waals surface area contributed by atoms with E-state index in [4.69, 9.17) is 9.66 Å². The molecule has 0 saturated heterocycles. The Labute approximate surface area is 181 Å². The van der Waals surface area contributed by atoms with Crippen molar-refractivity contribution in [2.24, 2.45) is 0 Å². The SMILES string of the molecule is CCCCCCCCCC(=O)NCCCCCC(=O)O.O=S(=O)(O)c1ccccc1. The van der Waals surface area contributed by atoms with Crippen LogP contribution in [0.1, 0.15) is 84.0 Å². The molecular weight excluding hydrogens is 406 g/mol. The van der Waals surface area contributed by atoms with E-state index in [0.717, 1.165) is 25.7 Å². The van der Waals surface area contributed by atoms with Crippen LogP contribution in [0.4, 0.5) is 0 Å². The van der Waals surface area contributed by atoms with E-state index in [0.29, 0.717) is 19.4 Å². The van der Waals surface area contributed by atoms with Crippen LogP contribution in [0, 0.1) is 0 Å². The highest BCUT2D eigenvalue weighted by atomic mass is 32.2. The fourth-order valence-corrected chi connectivity index (χ4v) is 3.23. The van der Waals surface area contributed by atoms with Gasteiger partial charge in [-0.15, -0.1) is 0 Å². The number of nitrogens with one attached hydrogen (secondary N) is 1. The first kappa shape index (κ1) is 28.1. The molecule has 1 aromatic rings. The number of unbranched alkanes of at least 4 members (excludes halogenated alkanes) is 8. The molecule has 0 aromatic heterocycles. The zero-order valence-electron chi connectivity index (χ0n) is 18.0. The number of hydrogen-bond donors (Lipinski definition) is 3. The van der Waals surface area contributed by atoms with E-state index in [1.807, 2.05) is 0 Å². The molecule has 0 aliphatic rings. The average Bonchev–Trinajstić information content (AvgIpc) is 2.70. The van der Waals surface area contributed by atoms with Gasteiger partial charge in [-0.2, -0.15) is 8.42 Å². The fourth-order valence-electron chi connectivity index (χ4n) is 2.73. The summed E-state index contributed by atoms with van der Waals surface area (Å²) in [6, 6.07) is 7.42. The van der Waals surface area contributed by atoms with Crippen LogP contribution in [-0.4, -0.2) is 36.5 Å². The van der Waals surface area contributed by atoms with Crippen LogP contribution >= 0.6 is 0 Å². The van der Waals surface area contributed by atoms with Gasteiger partial charge in [-0.1, -0.05) is 70.1 Å². The largest absolute Gasteiger partial charge is 0.481 e. The van der Waals surface area contributed by atoms with Gasteiger partial charge in [0.25, 0.3) is 10.1 Å². The molecule has 3 N–H and O–H groups in total. The van der Waals surface area contributed by atoms with E-state index in [2.05, 4.69) is 12.2 Å². The van der Waals surface area contributed by atoms with Crippen molar-refractivity contribution >= 4 is 22.0 Å². The van der Waals surface area contributed by atoms with Crippen LogP contribution in [0.3, 0.4) is 0 Å². The fraction of sp³-hybridized carbons (Fsp3) is 0.636. The summed E-state index contributed by atoms with van der Waals surface area (Å²) in [6.45, 7) is 2.89. The van der Waals surface area contributed by atoms with Crippen LogP contribution in [-0.2, 0) is 19.7 Å². The Morgan fingerprint density at radius 1 is 0.833 bits per heavy atom. The van der Waals surface area contributed by atoms with Gasteiger partial charge in [-0.25, -0.2) is 0 Å². The van der Waals surface area contributed by atoms with Gasteiger partial charge in [0.2, 0.25) is 5.91 Å². The smallest absolute Gasteiger partial charge is 0.303 e. The first-order valence-electron chi connectivity index (χ1n) is 10.8. The quantitative estimate of drug-likeness (QED) is 0.264. The van der Waals surface area contributed by atoms with E-state index < -0.39 is 16.1 Å². The molecule has 0 aliphatic carbocycles. The summed E-state index contributed by atoms with van der Waals surface area (Å²) >= 11 is 0. The maximum absolute atomic E-state index is 11.5. The molecule has 1 rings (SSSR count). The second-order valence-electron chi connectivity index (χ2n) is 7.21. The second-order valence-corrected chi connectivity index (χ2v) is 8.64. The van der Waals surface area contributed by atoms with Gasteiger partial charge in [-0.3, -0.25) is 14.1 Å². The minimum Gasteiger partial charge on any atom is -0.481 e. The number of carboxylic acids is 1. The highest BCUT2D eigenvalue weighted by Gasteiger charge is 2.05. The standard InChI is InChI=1S/C16H31NO3.C6H6O3S/c1-2-3-4-5-6-7-9-12-15(18)17-14-11-8-10-13-16(19)20;7-10(8,9)6-4-2-1-3-5-6/h2-14H2,1H3,(H,17,18)(H,19,20);1-5H,(H,7,8,9). The van der Waals surface area contributed by atoms with Gasteiger partial charge < -0.3 is 10.4 Å². The monoisotopic (exact) mass is 443 g/mol. The molecule has 0 unspecified atom stereocenters. The minimum atomic E-state index is -4.00. The molecule has 0 bridgehead atoms. The number of rotatable bonds is 15. The lowest BCUT2D eigenvalue weighted by atomic mass is 10.1. The van der Waals surface area contributed by atoms with E-state index in [1.165, 1.54) is 44.2 Å². The Kier molecular flexibility index (Phi) is 16.7. The van der Waals surface area contributed by atoms with Crippen molar-refractivity contribution in [3.63, 3.8) is 0 Å². The van der Waals surface area contributed by atoms with Crippen LogP contribution in [0.5, 0.6) is 0 Å². The van der Waals surface area contributed by atoms with E-state index in [-0.39, 0.29) is 17.2 Å². The molecule has 0 saturated carbocycles. The van der Waals surface area contributed by atoms with E-state index >= 15 is 0 Å². The predicted octanol–water partition coefficient (Wildman–Crippen LogP) is 4.82. The van der Waals surface area contributed by atoms with Gasteiger partial charge in [0.15, 0.2) is 0 Å². The summed E-state index contributed by atoms with van der Waals surface area (Å²) in [4.78, 5) is 21.7. The van der Waals surface area contributed by atoms with E-state index in [9.17, 15) is 18.0 Å². The van der Waals surface area contributed by atoms with E-state index in [1.54, 1.807) is 18.2 Å². The van der Waals surface area contributed by atoms with Crippen molar-refractivity contribution in [1.82, 2.24) is 5.32 Å². The first-order chi connectivity index (χ1) is 14.3. The van der Waals surface area contributed by atoms with Crippen LogP contribution in [0.15, 0.2) is 35.2 Å². The van der Waals surface area contributed by atoms with Gasteiger partial charge in [-0.05, 0) is 31.4 Å². The Morgan fingerprint density at radius 2 is 1.37 bits per heavy atom. The highest BCUT2D eigenvalue weighted by molar-refractivity contribution is 7.85. The zero-order chi connectivity index (χ0) is 22.7. The third-order valence-electron chi connectivity index (χ3n) is 4.44. The lowest BCUT2D eigenvalue weighted by molar-refractivity contribution is -0.137. The number of benzene rings is 1. The van der Waals surface area contributed by atoms with Crippen molar-refractivity contribution in [1.29, 1.82) is 0 Å². The minimum absolute atomic E-state index is 0.0741. The van der Waals surface area contributed by atoms with Gasteiger partial charge in [0.05, 0.1) is 4.90 Å². The van der Waals surface area contributed by atoms with Gasteiger partial charge >= 0.3 is 5.97 Å². The van der Waals surface area contributed by atoms with Crippen molar-refractivity contribution in [2.75, 3.05) is 6.54 Å². The maximum atomic E-state index is 11.5. The number of aliphatic carboxylic acids is 1. The highest BCUT2D eigenvalue weighted by Crippen LogP contribution is 2.08. The molecule has 0 atom stereocenters. The first-order valence-corrected chi connectivity index (χ1v) is 12.2. The summed E-state index contributed by atoms with van der Waals surface area (Å²) < 4.78 is 29.2. The maximum Gasteiger partial charge on any atom is 0.303 e. The number of carboxylic acid groups (broad SMARTS) is 1. The van der Waals surface area contributed by atoms with Gasteiger partial charge in [0, 0.05) is 19.4 Å². The molecule has 0 aliphatic heterocycles. The molecule has 1 aromatic carbocycles. The molecule has 8 heteroatoms. The van der Waals surface area contributed by atoms with Crippen molar-refractivity contribution < 1.29 is 27.7 Å². The lowest BCUT2D eigenvalue weighted by Crippen LogP contribution is -2.23.